The zero-order chi connectivity index (χ0) is 15.9. The van der Waals surface area contributed by atoms with Crippen LogP contribution in [-0.2, 0) is 15.9 Å². The van der Waals surface area contributed by atoms with Crippen molar-refractivity contribution in [2.45, 2.75) is 12.5 Å². The van der Waals surface area contributed by atoms with E-state index in [1.807, 2.05) is 6.08 Å². The van der Waals surface area contributed by atoms with Gasteiger partial charge in [-0.2, -0.15) is 0 Å². The van der Waals surface area contributed by atoms with Gasteiger partial charge in [-0.1, -0.05) is 0 Å². The fourth-order valence-electron chi connectivity index (χ4n) is 3.02. The van der Waals surface area contributed by atoms with Gasteiger partial charge in [0.2, 0.25) is 0 Å². The second-order valence-electron chi connectivity index (χ2n) is 5.18. The first-order valence-electron chi connectivity index (χ1n) is 6.94. The molecule has 0 aliphatic heterocycles. The number of hydrogen-bond acceptors (Lipinski definition) is 5. The van der Waals surface area contributed by atoms with Gasteiger partial charge in [0.25, 0.3) is 0 Å². The van der Waals surface area contributed by atoms with Crippen LogP contribution in [0.1, 0.15) is 11.1 Å². The summed E-state index contributed by atoms with van der Waals surface area (Å²) in [6.45, 7) is 0. The quantitative estimate of drug-likeness (QED) is 0.912. The topological polar surface area (TPSA) is 68.2 Å². The second kappa shape index (κ2) is 5.42. The van der Waals surface area contributed by atoms with Crippen molar-refractivity contribution in [2.75, 3.05) is 21.3 Å². The maximum atomic E-state index is 10.5. The maximum Gasteiger partial charge on any atom is 0.166 e. The summed E-state index contributed by atoms with van der Waals surface area (Å²) in [5, 5.41) is 21.5. The predicted molar refractivity (Wildman–Crippen MR) is 83.3 cm³/mol. The molecule has 22 heavy (non-hydrogen) atoms. The van der Waals surface area contributed by atoms with Gasteiger partial charge in [-0.15, -0.1) is 0 Å². The van der Waals surface area contributed by atoms with Crippen LogP contribution >= 0.6 is 0 Å². The summed E-state index contributed by atoms with van der Waals surface area (Å²) >= 11 is 0. The van der Waals surface area contributed by atoms with Crippen molar-refractivity contribution in [3.63, 3.8) is 0 Å². The van der Waals surface area contributed by atoms with Crippen LogP contribution in [0.5, 0.6) is 17.2 Å². The highest BCUT2D eigenvalue weighted by molar-refractivity contribution is 6.01. The van der Waals surface area contributed by atoms with Crippen LogP contribution in [0.15, 0.2) is 24.3 Å². The summed E-state index contributed by atoms with van der Waals surface area (Å²) in [5.41, 5.74) is 1.70. The fraction of sp³-hybridized carbons (Fsp3) is 0.294. The van der Waals surface area contributed by atoms with Gasteiger partial charge in [0.15, 0.2) is 11.5 Å². The molecule has 0 bridgehead atoms. The molecule has 0 amide bonds. The Bertz CT molecular complexity index is 763. The van der Waals surface area contributed by atoms with Crippen molar-refractivity contribution in [2.24, 2.45) is 0 Å². The standard InChI is InChI=1S/C17H18O5/c1-20-10-7-13-15(14(8-10)21-2)11-5-4-9(18)6-12(11)16(19)17(13)22-3/h4-6,8,10,18-19H,7H2,1-3H3. The highest BCUT2D eigenvalue weighted by atomic mass is 16.5. The molecule has 0 saturated carbocycles. The Balaban J connectivity index is 2.42. The number of phenolic OH excluding ortho intramolecular Hbond substituents is 2. The average molecular weight is 302 g/mol. The molecule has 5 nitrogen and oxygen atoms in total. The van der Waals surface area contributed by atoms with E-state index < -0.39 is 0 Å². The van der Waals surface area contributed by atoms with E-state index in [1.54, 1.807) is 26.4 Å². The Morgan fingerprint density at radius 1 is 1.05 bits per heavy atom. The number of phenols is 2. The molecular weight excluding hydrogens is 284 g/mol. The second-order valence-corrected chi connectivity index (χ2v) is 5.18. The lowest BCUT2D eigenvalue weighted by atomic mass is 9.88. The van der Waals surface area contributed by atoms with E-state index in [0.717, 1.165) is 16.5 Å². The first-order valence-corrected chi connectivity index (χ1v) is 6.94. The number of hydrogen-bond donors (Lipinski definition) is 2. The largest absolute Gasteiger partial charge is 0.508 e. The molecule has 0 aromatic heterocycles. The molecule has 1 unspecified atom stereocenters. The molecular formula is C17H18O5. The zero-order valence-corrected chi connectivity index (χ0v) is 12.7. The molecule has 2 aromatic carbocycles. The summed E-state index contributed by atoms with van der Waals surface area (Å²) < 4.78 is 16.3. The molecule has 0 radical (unpaired) electrons. The Hall–Kier alpha value is -2.40. The molecule has 2 N–H and O–H groups in total. The molecule has 0 fully saturated rings. The highest BCUT2D eigenvalue weighted by Crippen LogP contribution is 2.46. The van der Waals surface area contributed by atoms with Crippen LogP contribution in [0.2, 0.25) is 0 Å². The van der Waals surface area contributed by atoms with E-state index in [4.69, 9.17) is 14.2 Å². The number of aromatic hydroxyl groups is 2. The first-order chi connectivity index (χ1) is 10.6. The molecule has 116 valence electrons. The van der Waals surface area contributed by atoms with Crippen molar-refractivity contribution in [1.82, 2.24) is 0 Å². The van der Waals surface area contributed by atoms with E-state index in [-0.39, 0.29) is 17.6 Å². The van der Waals surface area contributed by atoms with Crippen LogP contribution in [-0.4, -0.2) is 37.6 Å². The van der Waals surface area contributed by atoms with E-state index in [2.05, 4.69) is 0 Å². The normalized spacial score (nSPS) is 17.0. The Labute approximate surface area is 128 Å². The van der Waals surface area contributed by atoms with Crippen LogP contribution in [0.3, 0.4) is 0 Å². The minimum atomic E-state index is -0.148. The lowest BCUT2D eigenvalue weighted by Crippen LogP contribution is -2.19. The van der Waals surface area contributed by atoms with Gasteiger partial charge in [-0.3, -0.25) is 0 Å². The maximum absolute atomic E-state index is 10.5. The molecule has 2 aromatic rings. The SMILES string of the molecule is COC1=CC(OC)Cc2c(OC)c(O)c3cc(O)ccc3c21. The van der Waals surface area contributed by atoms with E-state index in [0.29, 0.717) is 23.3 Å². The van der Waals surface area contributed by atoms with Crippen molar-refractivity contribution in [3.05, 3.63) is 35.4 Å². The zero-order valence-electron chi connectivity index (χ0n) is 12.7. The van der Waals surface area contributed by atoms with Crippen molar-refractivity contribution in [3.8, 4) is 17.2 Å². The number of rotatable bonds is 3. The minimum Gasteiger partial charge on any atom is -0.508 e. The Morgan fingerprint density at radius 3 is 2.45 bits per heavy atom. The Morgan fingerprint density at radius 2 is 1.82 bits per heavy atom. The molecule has 0 saturated heterocycles. The van der Waals surface area contributed by atoms with Crippen molar-refractivity contribution in [1.29, 1.82) is 0 Å². The number of fused-ring (bicyclic) bond motifs is 3. The molecule has 3 rings (SSSR count). The molecule has 1 aliphatic rings. The van der Waals surface area contributed by atoms with Crippen molar-refractivity contribution < 1.29 is 24.4 Å². The monoisotopic (exact) mass is 302 g/mol. The van der Waals surface area contributed by atoms with E-state index >= 15 is 0 Å². The summed E-state index contributed by atoms with van der Waals surface area (Å²) in [6, 6.07) is 4.87. The third kappa shape index (κ3) is 2.05. The van der Waals surface area contributed by atoms with Gasteiger partial charge in [0, 0.05) is 30.0 Å². The summed E-state index contributed by atoms with van der Waals surface area (Å²) in [5.74, 6) is 1.15. The van der Waals surface area contributed by atoms with Crippen molar-refractivity contribution >= 4 is 16.5 Å². The summed E-state index contributed by atoms with van der Waals surface area (Å²) in [7, 11) is 4.74. The van der Waals surface area contributed by atoms with Crippen LogP contribution < -0.4 is 4.74 Å². The smallest absolute Gasteiger partial charge is 0.166 e. The minimum absolute atomic E-state index is 0.0133. The number of benzene rings is 2. The number of methoxy groups -OCH3 is 3. The number of ether oxygens (including phenoxy) is 3. The van der Waals surface area contributed by atoms with Gasteiger partial charge in [0.1, 0.15) is 11.5 Å². The van der Waals surface area contributed by atoms with E-state index in [1.165, 1.54) is 13.2 Å². The molecule has 1 aliphatic carbocycles. The van der Waals surface area contributed by atoms with Crippen LogP contribution in [0, 0.1) is 0 Å². The first kappa shape index (κ1) is 14.5. The molecule has 0 spiro atoms. The summed E-state index contributed by atoms with van der Waals surface area (Å²) in [4.78, 5) is 0. The Kier molecular flexibility index (Phi) is 3.58. The van der Waals surface area contributed by atoms with Gasteiger partial charge in [-0.05, 0) is 29.7 Å². The lowest BCUT2D eigenvalue weighted by molar-refractivity contribution is 0.137. The van der Waals surface area contributed by atoms with Gasteiger partial charge >= 0.3 is 0 Å². The lowest BCUT2D eigenvalue weighted by Gasteiger charge is -2.26. The summed E-state index contributed by atoms with van der Waals surface area (Å²) in [6.07, 6.45) is 2.34. The third-order valence-electron chi connectivity index (χ3n) is 4.03. The van der Waals surface area contributed by atoms with Crippen LogP contribution in [0.25, 0.3) is 16.5 Å². The molecule has 5 heteroatoms. The van der Waals surface area contributed by atoms with Crippen LogP contribution in [0.4, 0.5) is 0 Å². The fourth-order valence-corrected chi connectivity index (χ4v) is 3.02. The van der Waals surface area contributed by atoms with E-state index in [9.17, 15) is 10.2 Å². The third-order valence-corrected chi connectivity index (χ3v) is 4.03. The molecule has 1 atom stereocenters. The highest BCUT2D eigenvalue weighted by Gasteiger charge is 2.28. The van der Waals surface area contributed by atoms with Gasteiger partial charge in [-0.25, -0.2) is 0 Å². The van der Waals surface area contributed by atoms with Gasteiger partial charge < -0.3 is 24.4 Å². The average Bonchev–Trinajstić information content (AvgIpc) is 2.54. The van der Waals surface area contributed by atoms with Gasteiger partial charge in [0.05, 0.1) is 20.3 Å². The predicted octanol–water partition coefficient (Wildman–Crippen LogP) is 2.82. The molecule has 0 heterocycles.